The van der Waals surface area contributed by atoms with Crippen LogP contribution in [0.1, 0.15) is 12.0 Å². The summed E-state index contributed by atoms with van der Waals surface area (Å²) >= 11 is 5.59. The van der Waals surface area contributed by atoms with Crippen molar-refractivity contribution in [3.05, 3.63) is 47.0 Å². The molecule has 1 nitrogen and oxygen atoms in total. The molecule has 0 saturated carbocycles. The lowest BCUT2D eigenvalue weighted by atomic mass is 10.1. The highest BCUT2D eigenvalue weighted by Gasteiger charge is 1.95. The zero-order valence-corrected chi connectivity index (χ0v) is 8.30. The minimum Gasteiger partial charge on any atom is -0.327 e. The van der Waals surface area contributed by atoms with Gasteiger partial charge in [-0.1, -0.05) is 41.9 Å². The molecule has 0 aliphatic carbocycles. The van der Waals surface area contributed by atoms with Gasteiger partial charge in [0, 0.05) is 12.1 Å². The highest BCUT2D eigenvalue weighted by molar-refractivity contribution is 6.25. The highest BCUT2D eigenvalue weighted by Crippen LogP contribution is 2.08. The van der Waals surface area contributed by atoms with E-state index in [-0.39, 0.29) is 0 Å². The third kappa shape index (κ3) is 3.62. The first-order valence-electron chi connectivity index (χ1n) is 4.39. The monoisotopic (exact) mass is 195 g/mol. The molecule has 0 bridgehead atoms. The Bertz CT molecular complexity index is 267. The molecule has 0 spiro atoms. The van der Waals surface area contributed by atoms with E-state index in [1.54, 1.807) is 5.54 Å². The van der Waals surface area contributed by atoms with Crippen molar-refractivity contribution in [1.82, 2.24) is 0 Å². The van der Waals surface area contributed by atoms with Gasteiger partial charge in [0.15, 0.2) is 0 Å². The summed E-state index contributed by atoms with van der Waals surface area (Å²) in [5.41, 5.74) is 9.51. The van der Waals surface area contributed by atoms with Crippen molar-refractivity contribution in [2.24, 2.45) is 5.73 Å². The SMILES string of the molecule is NCC(=CCl)CCc1ccccc1. The van der Waals surface area contributed by atoms with Gasteiger partial charge in [-0.05, 0) is 24.0 Å². The maximum atomic E-state index is 5.59. The van der Waals surface area contributed by atoms with Crippen LogP contribution in [-0.4, -0.2) is 6.54 Å². The molecule has 0 radical (unpaired) electrons. The van der Waals surface area contributed by atoms with Gasteiger partial charge in [-0.2, -0.15) is 0 Å². The summed E-state index contributed by atoms with van der Waals surface area (Å²) in [5.74, 6) is 0. The molecule has 0 unspecified atom stereocenters. The average molecular weight is 196 g/mol. The van der Waals surface area contributed by atoms with Crippen LogP contribution in [0, 0.1) is 0 Å². The van der Waals surface area contributed by atoms with Crippen LogP contribution in [0.5, 0.6) is 0 Å². The molecule has 0 aromatic heterocycles. The fraction of sp³-hybridized carbons (Fsp3) is 0.273. The number of aryl methyl sites for hydroxylation is 1. The van der Waals surface area contributed by atoms with Crippen LogP contribution < -0.4 is 5.73 Å². The summed E-state index contributed by atoms with van der Waals surface area (Å²) in [4.78, 5) is 0. The van der Waals surface area contributed by atoms with E-state index in [0.717, 1.165) is 18.4 Å². The van der Waals surface area contributed by atoms with Gasteiger partial charge in [0.05, 0.1) is 0 Å². The maximum Gasteiger partial charge on any atom is 0.0148 e. The predicted molar refractivity (Wildman–Crippen MR) is 57.8 cm³/mol. The van der Waals surface area contributed by atoms with E-state index in [4.69, 9.17) is 17.3 Å². The summed E-state index contributed by atoms with van der Waals surface area (Å²) in [5, 5.41) is 0. The first-order valence-corrected chi connectivity index (χ1v) is 4.82. The molecule has 1 rings (SSSR count). The molecule has 0 heterocycles. The second-order valence-electron chi connectivity index (χ2n) is 2.96. The van der Waals surface area contributed by atoms with Crippen molar-refractivity contribution in [2.45, 2.75) is 12.8 Å². The van der Waals surface area contributed by atoms with Crippen molar-refractivity contribution < 1.29 is 0 Å². The summed E-state index contributed by atoms with van der Waals surface area (Å²) < 4.78 is 0. The Morgan fingerprint density at radius 3 is 2.54 bits per heavy atom. The fourth-order valence-electron chi connectivity index (χ4n) is 1.15. The highest BCUT2D eigenvalue weighted by atomic mass is 35.5. The third-order valence-corrected chi connectivity index (χ3v) is 2.30. The topological polar surface area (TPSA) is 26.0 Å². The van der Waals surface area contributed by atoms with Gasteiger partial charge in [-0.25, -0.2) is 0 Å². The zero-order valence-electron chi connectivity index (χ0n) is 7.54. The van der Waals surface area contributed by atoms with Crippen LogP contribution in [0.3, 0.4) is 0 Å². The Hall–Kier alpha value is -0.790. The van der Waals surface area contributed by atoms with Gasteiger partial charge in [-0.3, -0.25) is 0 Å². The molecule has 1 aromatic rings. The molecular weight excluding hydrogens is 182 g/mol. The quantitative estimate of drug-likeness (QED) is 0.786. The molecule has 70 valence electrons. The molecule has 0 aliphatic heterocycles. The van der Waals surface area contributed by atoms with Crippen LogP contribution in [0.25, 0.3) is 0 Å². The van der Waals surface area contributed by atoms with Crippen LogP contribution in [-0.2, 0) is 6.42 Å². The number of rotatable bonds is 4. The van der Waals surface area contributed by atoms with E-state index in [2.05, 4.69) is 12.1 Å². The summed E-state index contributed by atoms with van der Waals surface area (Å²) in [6.07, 6.45) is 1.96. The van der Waals surface area contributed by atoms with E-state index in [0.29, 0.717) is 6.54 Å². The van der Waals surface area contributed by atoms with E-state index < -0.39 is 0 Å². The van der Waals surface area contributed by atoms with Crippen LogP contribution in [0.4, 0.5) is 0 Å². The number of hydrogen-bond acceptors (Lipinski definition) is 1. The molecule has 0 saturated heterocycles. The Morgan fingerprint density at radius 1 is 1.31 bits per heavy atom. The van der Waals surface area contributed by atoms with Crippen LogP contribution in [0.15, 0.2) is 41.4 Å². The smallest absolute Gasteiger partial charge is 0.0148 e. The largest absolute Gasteiger partial charge is 0.327 e. The standard InChI is InChI=1S/C11H14ClN/c12-8-11(9-13)7-6-10-4-2-1-3-5-10/h1-5,8H,6-7,9,13H2. The third-order valence-electron chi connectivity index (χ3n) is 1.99. The van der Waals surface area contributed by atoms with E-state index in [1.165, 1.54) is 5.56 Å². The van der Waals surface area contributed by atoms with Crippen molar-refractivity contribution >= 4 is 11.6 Å². The minimum absolute atomic E-state index is 0.552. The Morgan fingerprint density at radius 2 is 2.00 bits per heavy atom. The maximum absolute atomic E-state index is 5.59. The second-order valence-corrected chi connectivity index (χ2v) is 3.18. The number of hydrogen-bond donors (Lipinski definition) is 1. The van der Waals surface area contributed by atoms with Gasteiger partial charge in [0.25, 0.3) is 0 Å². The van der Waals surface area contributed by atoms with Crippen molar-refractivity contribution in [3.8, 4) is 0 Å². The number of nitrogens with two attached hydrogens (primary N) is 1. The lowest BCUT2D eigenvalue weighted by molar-refractivity contribution is 0.906. The van der Waals surface area contributed by atoms with Crippen LogP contribution in [0.2, 0.25) is 0 Å². The summed E-state index contributed by atoms with van der Waals surface area (Å²) in [6, 6.07) is 10.3. The predicted octanol–water partition coefficient (Wildman–Crippen LogP) is 2.70. The Kier molecular flexibility index (Phi) is 4.58. The first kappa shape index (κ1) is 10.3. The van der Waals surface area contributed by atoms with Crippen molar-refractivity contribution in [1.29, 1.82) is 0 Å². The van der Waals surface area contributed by atoms with E-state index in [1.807, 2.05) is 18.2 Å². The lowest BCUT2D eigenvalue weighted by Gasteiger charge is -2.02. The molecule has 1 aromatic carbocycles. The minimum atomic E-state index is 0.552. The normalized spacial score (nSPS) is 11.7. The summed E-state index contributed by atoms with van der Waals surface area (Å²) in [7, 11) is 0. The molecular formula is C11H14ClN. The molecule has 0 atom stereocenters. The molecule has 0 amide bonds. The lowest BCUT2D eigenvalue weighted by Crippen LogP contribution is -2.03. The van der Waals surface area contributed by atoms with Gasteiger partial charge in [0.2, 0.25) is 0 Å². The zero-order chi connectivity index (χ0) is 9.52. The molecule has 13 heavy (non-hydrogen) atoms. The summed E-state index contributed by atoms with van der Waals surface area (Å²) in [6.45, 7) is 0.552. The number of halogens is 1. The average Bonchev–Trinajstić information content (AvgIpc) is 2.21. The molecule has 2 heteroatoms. The Labute approximate surface area is 84.2 Å². The fourth-order valence-corrected chi connectivity index (χ4v) is 1.35. The number of benzene rings is 1. The van der Waals surface area contributed by atoms with Gasteiger partial charge in [0.1, 0.15) is 0 Å². The van der Waals surface area contributed by atoms with Gasteiger partial charge < -0.3 is 5.73 Å². The first-order chi connectivity index (χ1) is 6.36. The molecule has 0 aliphatic rings. The van der Waals surface area contributed by atoms with E-state index >= 15 is 0 Å². The van der Waals surface area contributed by atoms with Gasteiger partial charge >= 0.3 is 0 Å². The van der Waals surface area contributed by atoms with Crippen LogP contribution >= 0.6 is 11.6 Å². The van der Waals surface area contributed by atoms with Crippen molar-refractivity contribution in [2.75, 3.05) is 6.54 Å². The molecule has 0 fully saturated rings. The van der Waals surface area contributed by atoms with Crippen molar-refractivity contribution in [3.63, 3.8) is 0 Å². The van der Waals surface area contributed by atoms with Gasteiger partial charge in [-0.15, -0.1) is 0 Å². The molecule has 2 N–H and O–H groups in total. The van der Waals surface area contributed by atoms with E-state index in [9.17, 15) is 0 Å². The second kappa shape index (κ2) is 5.79. The Balaban J connectivity index is 2.43.